The Bertz CT molecular complexity index is 1500. The van der Waals surface area contributed by atoms with Gasteiger partial charge in [0.05, 0.1) is 19.7 Å². The minimum Gasteiger partial charge on any atom is -0.294 e. The molecule has 250 valence electrons. The molecule has 14 nitrogen and oxygen atoms in total. The van der Waals surface area contributed by atoms with Crippen LogP contribution >= 0.6 is 0 Å². The third kappa shape index (κ3) is 9.95. The summed E-state index contributed by atoms with van der Waals surface area (Å²) < 4.78 is 0. The van der Waals surface area contributed by atoms with Gasteiger partial charge in [0.15, 0.2) is 0 Å². The molecule has 0 N–H and O–H groups in total. The molecule has 0 aliphatic heterocycles. The molecule has 4 aromatic rings. The van der Waals surface area contributed by atoms with E-state index in [2.05, 4.69) is 0 Å². The Kier molecular flexibility index (Phi) is 12.7. The molecule has 0 aliphatic rings. The van der Waals surface area contributed by atoms with Crippen LogP contribution in [0, 0.1) is 40.5 Å². The second-order valence-corrected chi connectivity index (χ2v) is 11.4. The average Bonchev–Trinajstić information content (AvgIpc) is 3.06. The van der Waals surface area contributed by atoms with Gasteiger partial charge in [-0.2, -0.15) is 0 Å². The molecule has 0 heterocycles. The maximum Gasteiger partial charge on any atom is 0.273 e. The van der Waals surface area contributed by atoms with Crippen molar-refractivity contribution < 1.29 is 19.7 Å². The molecule has 0 saturated heterocycles. The fraction of sp³-hybridized carbons (Fsp3) is 0.294. The SMILES string of the molecule is O=[N+]([O-])c1ccccc1CN(CCCCCCN(Cc1ccccc1[N+](=O)[O-])Cc1ccccc1[N+](=O)[O-])Cc1ccccc1[N+](=O)[O-]. The summed E-state index contributed by atoms with van der Waals surface area (Å²) in [5, 5.41) is 46.6. The zero-order valence-corrected chi connectivity index (χ0v) is 26.3. The topological polar surface area (TPSA) is 179 Å². The smallest absolute Gasteiger partial charge is 0.273 e. The summed E-state index contributed by atoms with van der Waals surface area (Å²) in [6.07, 6.45) is 3.01. The van der Waals surface area contributed by atoms with E-state index in [0.717, 1.165) is 25.7 Å². The third-order valence-corrected chi connectivity index (χ3v) is 8.03. The molecule has 0 saturated carbocycles. The molecule has 0 bridgehead atoms. The summed E-state index contributed by atoms with van der Waals surface area (Å²) in [4.78, 5) is 48.8. The summed E-state index contributed by atoms with van der Waals surface area (Å²) in [6, 6.07) is 25.8. The van der Waals surface area contributed by atoms with Crippen LogP contribution < -0.4 is 0 Å². The largest absolute Gasteiger partial charge is 0.294 e. The highest BCUT2D eigenvalue weighted by Gasteiger charge is 2.21. The maximum absolute atomic E-state index is 11.7. The minimum atomic E-state index is -0.432. The van der Waals surface area contributed by atoms with E-state index in [-0.39, 0.29) is 48.9 Å². The van der Waals surface area contributed by atoms with E-state index >= 15 is 0 Å². The van der Waals surface area contributed by atoms with Crippen molar-refractivity contribution in [3.8, 4) is 0 Å². The molecule has 0 spiro atoms. The van der Waals surface area contributed by atoms with Crippen molar-refractivity contribution in [1.82, 2.24) is 9.80 Å². The van der Waals surface area contributed by atoms with Crippen molar-refractivity contribution >= 4 is 22.7 Å². The summed E-state index contributed by atoms with van der Waals surface area (Å²) in [5.74, 6) is 0. The predicted molar refractivity (Wildman–Crippen MR) is 179 cm³/mol. The standard InChI is InChI=1S/C34H36N6O8/c41-37(42)31-17-7-3-13-27(31)23-35(24-28-14-4-8-18-32(28)38(43)44)21-11-1-2-12-22-36(25-29-15-5-9-19-33(29)39(45)46)26-30-16-6-10-20-34(30)40(47)48/h3-10,13-20H,1-2,11-12,21-26H2. The summed E-state index contributed by atoms with van der Waals surface area (Å²) in [5.41, 5.74) is 2.02. The zero-order valence-electron chi connectivity index (χ0n) is 26.3. The summed E-state index contributed by atoms with van der Waals surface area (Å²) in [7, 11) is 0. The first-order valence-electron chi connectivity index (χ1n) is 15.5. The second-order valence-electron chi connectivity index (χ2n) is 11.4. The molecule has 0 atom stereocenters. The normalized spacial score (nSPS) is 11.1. The lowest BCUT2D eigenvalue weighted by Gasteiger charge is -2.23. The Morgan fingerprint density at radius 2 is 0.604 bits per heavy atom. The Morgan fingerprint density at radius 1 is 0.375 bits per heavy atom. The van der Waals surface area contributed by atoms with Crippen LogP contribution in [0.4, 0.5) is 22.7 Å². The number of nitrogens with zero attached hydrogens (tertiary/aromatic N) is 6. The van der Waals surface area contributed by atoms with Crippen molar-refractivity contribution in [3.63, 3.8) is 0 Å². The number of nitro benzene ring substituents is 4. The van der Waals surface area contributed by atoms with Gasteiger partial charge < -0.3 is 0 Å². The van der Waals surface area contributed by atoms with Crippen LogP contribution in [0.25, 0.3) is 0 Å². The molecule has 0 radical (unpaired) electrons. The van der Waals surface area contributed by atoms with Crippen molar-refractivity contribution in [2.45, 2.75) is 51.9 Å². The van der Waals surface area contributed by atoms with Gasteiger partial charge in [0.2, 0.25) is 0 Å². The van der Waals surface area contributed by atoms with Crippen LogP contribution in [-0.4, -0.2) is 42.6 Å². The van der Waals surface area contributed by atoms with Gasteiger partial charge >= 0.3 is 0 Å². The fourth-order valence-electron chi connectivity index (χ4n) is 5.71. The highest BCUT2D eigenvalue weighted by molar-refractivity contribution is 5.43. The van der Waals surface area contributed by atoms with E-state index < -0.39 is 19.7 Å². The van der Waals surface area contributed by atoms with Crippen molar-refractivity contribution in [2.24, 2.45) is 0 Å². The molecule has 0 amide bonds. The molecule has 4 rings (SSSR count). The lowest BCUT2D eigenvalue weighted by Crippen LogP contribution is -2.26. The van der Waals surface area contributed by atoms with E-state index in [1.165, 1.54) is 24.3 Å². The molecule has 14 heteroatoms. The zero-order chi connectivity index (χ0) is 34.5. The van der Waals surface area contributed by atoms with E-state index in [4.69, 9.17) is 0 Å². The Morgan fingerprint density at radius 3 is 0.833 bits per heavy atom. The maximum atomic E-state index is 11.7. The van der Waals surface area contributed by atoms with Gasteiger partial charge in [-0.1, -0.05) is 85.6 Å². The number of unbranched alkanes of at least 4 members (excludes halogenated alkanes) is 3. The van der Waals surface area contributed by atoms with Gasteiger partial charge in [-0.25, -0.2) is 0 Å². The van der Waals surface area contributed by atoms with Gasteiger partial charge in [-0.15, -0.1) is 0 Å². The molecule has 0 unspecified atom stereocenters. The van der Waals surface area contributed by atoms with E-state index in [1.807, 2.05) is 9.80 Å². The van der Waals surface area contributed by atoms with Crippen molar-refractivity contribution in [1.29, 1.82) is 0 Å². The molecular formula is C34H36N6O8. The molecule has 0 aromatic heterocycles. The number of nitro groups is 4. The highest BCUT2D eigenvalue weighted by atomic mass is 16.6. The number of hydrogen-bond donors (Lipinski definition) is 0. The van der Waals surface area contributed by atoms with Gasteiger partial charge in [0.1, 0.15) is 0 Å². The quantitative estimate of drug-likeness (QED) is 0.0554. The first kappa shape index (κ1) is 35.3. The average molecular weight is 657 g/mol. The minimum absolute atomic E-state index is 0.0116. The number of para-hydroxylation sites is 4. The molecule has 4 aromatic carbocycles. The summed E-state index contributed by atoms with van der Waals surface area (Å²) in [6.45, 7) is 2.03. The van der Waals surface area contributed by atoms with Gasteiger partial charge in [0, 0.05) is 72.7 Å². The highest BCUT2D eigenvalue weighted by Crippen LogP contribution is 2.26. The molecule has 48 heavy (non-hydrogen) atoms. The van der Waals surface area contributed by atoms with E-state index in [0.29, 0.717) is 35.3 Å². The first-order valence-corrected chi connectivity index (χ1v) is 15.5. The van der Waals surface area contributed by atoms with Crippen molar-refractivity contribution in [3.05, 3.63) is 160 Å². The summed E-state index contributed by atoms with van der Waals surface area (Å²) >= 11 is 0. The van der Waals surface area contributed by atoms with Crippen LogP contribution in [0.15, 0.2) is 97.1 Å². The van der Waals surface area contributed by atoms with E-state index in [9.17, 15) is 40.5 Å². The number of hydrogen-bond acceptors (Lipinski definition) is 10. The van der Waals surface area contributed by atoms with Gasteiger partial charge in [-0.05, 0) is 25.9 Å². The molecule has 0 aliphatic carbocycles. The Balaban J connectivity index is 1.42. The van der Waals surface area contributed by atoms with Crippen LogP contribution in [-0.2, 0) is 26.2 Å². The van der Waals surface area contributed by atoms with Crippen LogP contribution in [0.2, 0.25) is 0 Å². The lowest BCUT2D eigenvalue weighted by molar-refractivity contribution is -0.386. The van der Waals surface area contributed by atoms with E-state index in [1.54, 1.807) is 72.8 Å². The number of benzene rings is 4. The van der Waals surface area contributed by atoms with Gasteiger partial charge in [0.25, 0.3) is 22.7 Å². The Labute approximate surface area is 276 Å². The lowest BCUT2D eigenvalue weighted by atomic mass is 10.1. The third-order valence-electron chi connectivity index (χ3n) is 8.03. The monoisotopic (exact) mass is 656 g/mol. The fourth-order valence-corrected chi connectivity index (χ4v) is 5.71. The second kappa shape index (κ2) is 17.4. The first-order chi connectivity index (χ1) is 23.1. The van der Waals surface area contributed by atoms with Crippen LogP contribution in [0.1, 0.15) is 47.9 Å². The molecular weight excluding hydrogens is 620 g/mol. The molecule has 0 fully saturated rings. The van der Waals surface area contributed by atoms with Crippen LogP contribution in [0.3, 0.4) is 0 Å². The van der Waals surface area contributed by atoms with Crippen molar-refractivity contribution in [2.75, 3.05) is 13.1 Å². The van der Waals surface area contributed by atoms with Gasteiger partial charge in [-0.3, -0.25) is 50.3 Å². The predicted octanol–water partition coefficient (Wildman–Crippen LogP) is 7.58. The van der Waals surface area contributed by atoms with Crippen LogP contribution in [0.5, 0.6) is 0 Å². The Hall–Kier alpha value is -5.60. The number of rotatable bonds is 19.